The van der Waals surface area contributed by atoms with E-state index in [1.165, 1.54) is 0 Å². The van der Waals surface area contributed by atoms with E-state index in [-0.39, 0.29) is 5.60 Å². The third kappa shape index (κ3) is 7.75. The second kappa shape index (κ2) is 5.32. The molecule has 0 aromatic rings. The molecular weight excluding hydrogens is 174 g/mol. The van der Waals surface area contributed by atoms with Gasteiger partial charge in [0.05, 0.1) is 12.2 Å². The first-order valence-corrected chi connectivity index (χ1v) is 4.35. The molecule has 0 spiro atoms. The van der Waals surface area contributed by atoms with Gasteiger partial charge in [-0.1, -0.05) is 0 Å². The highest BCUT2D eigenvalue weighted by molar-refractivity contribution is 7.80. The second-order valence-corrected chi connectivity index (χ2v) is 3.72. The van der Waals surface area contributed by atoms with Crippen LogP contribution < -0.4 is 5.32 Å². The van der Waals surface area contributed by atoms with Crippen LogP contribution in [0.15, 0.2) is 0 Å². The van der Waals surface area contributed by atoms with Crippen LogP contribution in [-0.2, 0) is 9.47 Å². The summed E-state index contributed by atoms with van der Waals surface area (Å²) in [5, 5.41) is 3.13. The quantitative estimate of drug-likeness (QED) is 0.538. The van der Waals surface area contributed by atoms with E-state index in [0.29, 0.717) is 18.4 Å². The van der Waals surface area contributed by atoms with Crippen LogP contribution >= 0.6 is 12.2 Å². The molecule has 0 radical (unpaired) electrons. The Balaban J connectivity index is 3.28. The molecule has 1 N–H and O–H groups in total. The number of nitrogens with one attached hydrogen (secondary N) is 1. The summed E-state index contributed by atoms with van der Waals surface area (Å²) in [5.74, 6) is 0. The highest BCUT2D eigenvalue weighted by atomic mass is 32.1. The van der Waals surface area contributed by atoms with Crippen molar-refractivity contribution in [2.24, 2.45) is 0 Å². The summed E-state index contributed by atoms with van der Waals surface area (Å²) in [6.07, 6.45) is 0. The maximum Gasteiger partial charge on any atom is 0.256 e. The number of hydrogen-bond acceptors (Lipinski definition) is 3. The van der Waals surface area contributed by atoms with Gasteiger partial charge in [-0.2, -0.15) is 0 Å². The highest BCUT2D eigenvalue weighted by Gasteiger charge is 2.09. The summed E-state index contributed by atoms with van der Waals surface area (Å²) >= 11 is 4.77. The first kappa shape index (κ1) is 11.6. The molecule has 0 saturated carbocycles. The predicted molar refractivity (Wildman–Crippen MR) is 53.3 cm³/mol. The summed E-state index contributed by atoms with van der Waals surface area (Å²) in [6, 6.07) is 0. The molecule has 4 heteroatoms. The molecule has 0 amide bonds. The van der Waals surface area contributed by atoms with Gasteiger partial charge in [0.25, 0.3) is 5.17 Å². The monoisotopic (exact) mass is 191 g/mol. The SMILES string of the molecule is CNC(=S)OCCOC(C)(C)C. The molecule has 12 heavy (non-hydrogen) atoms. The Morgan fingerprint density at radius 3 is 2.33 bits per heavy atom. The zero-order valence-corrected chi connectivity index (χ0v) is 8.96. The number of rotatable bonds is 3. The lowest BCUT2D eigenvalue weighted by Gasteiger charge is -2.19. The van der Waals surface area contributed by atoms with Crippen LogP contribution in [0.5, 0.6) is 0 Å². The molecule has 0 unspecified atom stereocenters. The number of thiocarbonyl (C=S) groups is 1. The van der Waals surface area contributed by atoms with E-state index in [4.69, 9.17) is 21.7 Å². The molecule has 0 atom stereocenters. The van der Waals surface area contributed by atoms with Crippen molar-refractivity contribution in [2.45, 2.75) is 26.4 Å². The van der Waals surface area contributed by atoms with Crippen molar-refractivity contribution in [1.29, 1.82) is 0 Å². The second-order valence-electron chi connectivity index (χ2n) is 3.35. The lowest BCUT2D eigenvalue weighted by Crippen LogP contribution is -2.25. The minimum Gasteiger partial charge on any atom is -0.469 e. The Morgan fingerprint density at radius 1 is 1.33 bits per heavy atom. The normalized spacial score (nSPS) is 11.0. The molecule has 0 aliphatic rings. The maximum absolute atomic E-state index is 5.41. The van der Waals surface area contributed by atoms with Crippen LogP contribution in [-0.4, -0.2) is 31.0 Å². The molecule has 3 nitrogen and oxygen atoms in total. The van der Waals surface area contributed by atoms with Gasteiger partial charge in [-0.3, -0.25) is 0 Å². The fourth-order valence-corrected chi connectivity index (χ4v) is 0.638. The molecular formula is C8H17NO2S. The van der Waals surface area contributed by atoms with Crippen molar-refractivity contribution in [2.75, 3.05) is 20.3 Å². The van der Waals surface area contributed by atoms with E-state index in [0.717, 1.165) is 0 Å². The lowest BCUT2D eigenvalue weighted by molar-refractivity contribution is -0.0179. The van der Waals surface area contributed by atoms with Crippen LogP contribution in [0, 0.1) is 0 Å². The molecule has 0 saturated heterocycles. The van der Waals surface area contributed by atoms with Gasteiger partial charge in [0.2, 0.25) is 0 Å². The zero-order chi connectivity index (χ0) is 9.61. The van der Waals surface area contributed by atoms with Gasteiger partial charge >= 0.3 is 0 Å². The van der Waals surface area contributed by atoms with E-state index in [1.54, 1.807) is 7.05 Å². The van der Waals surface area contributed by atoms with E-state index in [1.807, 2.05) is 20.8 Å². The van der Waals surface area contributed by atoms with E-state index in [2.05, 4.69) is 5.32 Å². The van der Waals surface area contributed by atoms with Crippen molar-refractivity contribution in [1.82, 2.24) is 5.32 Å². The van der Waals surface area contributed by atoms with Crippen LogP contribution in [0.1, 0.15) is 20.8 Å². The predicted octanol–water partition coefficient (Wildman–Crippen LogP) is 1.32. The summed E-state index contributed by atoms with van der Waals surface area (Å²) < 4.78 is 10.5. The number of hydrogen-bond donors (Lipinski definition) is 1. The average molecular weight is 191 g/mol. The Bertz CT molecular complexity index is 142. The Hall–Kier alpha value is -0.350. The van der Waals surface area contributed by atoms with Crippen LogP contribution in [0.25, 0.3) is 0 Å². The summed E-state index contributed by atoms with van der Waals surface area (Å²) in [6.45, 7) is 7.07. The topological polar surface area (TPSA) is 30.5 Å². The molecule has 0 aliphatic carbocycles. The molecule has 0 heterocycles. The van der Waals surface area contributed by atoms with Gasteiger partial charge in [-0.05, 0) is 33.0 Å². The lowest BCUT2D eigenvalue weighted by atomic mass is 10.2. The molecule has 0 rings (SSSR count). The summed E-state index contributed by atoms with van der Waals surface area (Å²) in [4.78, 5) is 0. The average Bonchev–Trinajstić information content (AvgIpc) is 1.96. The summed E-state index contributed by atoms with van der Waals surface area (Å²) in [5.41, 5.74) is -0.107. The van der Waals surface area contributed by atoms with Crippen LogP contribution in [0.3, 0.4) is 0 Å². The van der Waals surface area contributed by atoms with Crippen molar-refractivity contribution >= 4 is 17.4 Å². The highest BCUT2D eigenvalue weighted by Crippen LogP contribution is 2.05. The number of ether oxygens (including phenoxy) is 2. The van der Waals surface area contributed by atoms with Crippen molar-refractivity contribution in [3.05, 3.63) is 0 Å². The van der Waals surface area contributed by atoms with E-state index in [9.17, 15) is 0 Å². The van der Waals surface area contributed by atoms with Gasteiger partial charge in [0.1, 0.15) is 6.61 Å². The molecule has 0 aromatic heterocycles. The molecule has 0 aromatic carbocycles. The summed E-state index contributed by atoms with van der Waals surface area (Å²) in [7, 11) is 1.73. The molecule has 0 aliphatic heterocycles. The maximum atomic E-state index is 5.41. The van der Waals surface area contributed by atoms with Crippen LogP contribution in [0.2, 0.25) is 0 Å². The van der Waals surface area contributed by atoms with Gasteiger partial charge in [-0.25, -0.2) is 0 Å². The standard InChI is InChI=1S/C8H17NO2S/c1-8(2,3)11-6-5-10-7(12)9-4/h5-6H2,1-4H3,(H,9,12). The molecule has 0 fully saturated rings. The molecule has 0 bridgehead atoms. The van der Waals surface area contributed by atoms with Crippen molar-refractivity contribution in [3.8, 4) is 0 Å². The van der Waals surface area contributed by atoms with E-state index < -0.39 is 0 Å². The van der Waals surface area contributed by atoms with Crippen LogP contribution in [0.4, 0.5) is 0 Å². The molecule has 72 valence electrons. The van der Waals surface area contributed by atoms with Crippen molar-refractivity contribution in [3.63, 3.8) is 0 Å². The third-order valence-electron chi connectivity index (χ3n) is 1.06. The first-order valence-electron chi connectivity index (χ1n) is 3.94. The first-order chi connectivity index (χ1) is 5.45. The Labute approximate surface area is 79.4 Å². The fourth-order valence-electron chi connectivity index (χ4n) is 0.554. The zero-order valence-electron chi connectivity index (χ0n) is 8.14. The van der Waals surface area contributed by atoms with Gasteiger partial charge in [0, 0.05) is 7.05 Å². The van der Waals surface area contributed by atoms with Gasteiger partial charge in [-0.15, -0.1) is 0 Å². The van der Waals surface area contributed by atoms with Crippen molar-refractivity contribution < 1.29 is 9.47 Å². The minimum atomic E-state index is -0.107. The Kier molecular flexibility index (Phi) is 5.17. The van der Waals surface area contributed by atoms with E-state index >= 15 is 0 Å². The Morgan fingerprint density at radius 2 is 1.92 bits per heavy atom. The smallest absolute Gasteiger partial charge is 0.256 e. The van der Waals surface area contributed by atoms with Gasteiger partial charge < -0.3 is 14.8 Å². The third-order valence-corrected chi connectivity index (χ3v) is 1.38. The van der Waals surface area contributed by atoms with Gasteiger partial charge in [0.15, 0.2) is 0 Å². The minimum absolute atomic E-state index is 0.107. The largest absolute Gasteiger partial charge is 0.469 e. The fraction of sp³-hybridized carbons (Fsp3) is 0.875.